The SMILES string of the molecule is C=CC(=O)Nc1ccccc1Nc1nc(NC2CCCC(C(=O)NOCCO)C2)ncc1C(F)(F)F. The Kier molecular flexibility index (Phi) is 9.19. The third-order valence-electron chi connectivity index (χ3n) is 5.46. The molecule has 0 radical (unpaired) electrons. The Bertz CT molecular complexity index is 1080. The van der Waals surface area contributed by atoms with Crippen molar-refractivity contribution >= 4 is 35.0 Å². The number of aromatic nitrogens is 2. The Morgan fingerprint density at radius 2 is 1.97 bits per heavy atom. The smallest absolute Gasteiger partial charge is 0.394 e. The van der Waals surface area contributed by atoms with Crippen molar-refractivity contribution < 1.29 is 32.7 Å². The molecule has 194 valence electrons. The summed E-state index contributed by atoms with van der Waals surface area (Å²) < 4.78 is 41.0. The van der Waals surface area contributed by atoms with Gasteiger partial charge in [0.2, 0.25) is 17.8 Å². The van der Waals surface area contributed by atoms with E-state index in [1.165, 1.54) is 12.1 Å². The van der Waals surface area contributed by atoms with Crippen LogP contribution in [-0.2, 0) is 20.6 Å². The number of hydrogen-bond donors (Lipinski definition) is 5. The number of carbonyl (C=O) groups excluding carboxylic acids is 2. The van der Waals surface area contributed by atoms with E-state index in [0.717, 1.165) is 6.08 Å². The molecule has 0 aliphatic heterocycles. The number of nitrogens with zero attached hydrogens (tertiary/aromatic N) is 2. The van der Waals surface area contributed by atoms with Crippen LogP contribution in [0.4, 0.5) is 36.3 Å². The highest BCUT2D eigenvalue weighted by molar-refractivity contribution is 6.01. The third-order valence-corrected chi connectivity index (χ3v) is 5.46. The number of anilines is 4. The summed E-state index contributed by atoms with van der Waals surface area (Å²) >= 11 is 0. The van der Waals surface area contributed by atoms with Crippen LogP contribution in [0.5, 0.6) is 0 Å². The van der Waals surface area contributed by atoms with E-state index < -0.39 is 23.5 Å². The van der Waals surface area contributed by atoms with Gasteiger partial charge < -0.3 is 21.1 Å². The maximum absolute atomic E-state index is 13.7. The van der Waals surface area contributed by atoms with Crippen LogP contribution in [0.3, 0.4) is 0 Å². The minimum absolute atomic E-state index is 0.0320. The summed E-state index contributed by atoms with van der Waals surface area (Å²) in [6.45, 7) is 3.10. The normalized spacial score (nSPS) is 17.7. The van der Waals surface area contributed by atoms with Gasteiger partial charge in [0, 0.05) is 18.2 Å². The maximum atomic E-state index is 13.7. The molecule has 36 heavy (non-hydrogen) atoms. The molecule has 2 atom stereocenters. The molecular weight excluding hydrogens is 481 g/mol. The largest absolute Gasteiger partial charge is 0.421 e. The van der Waals surface area contributed by atoms with E-state index >= 15 is 0 Å². The molecule has 1 saturated carbocycles. The van der Waals surface area contributed by atoms with E-state index in [2.05, 4.69) is 38.0 Å². The van der Waals surface area contributed by atoms with Crippen LogP contribution in [-0.4, -0.2) is 46.1 Å². The Morgan fingerprint density at radius 1 is 1.22 bits per heavy atom. The fourth-order valence-electron chi connectivity index (χ4n) is 3.76. The van der Waals surface area contributed by atoms with Crippen molar-refractivity contribution in [2.24, 2.45) is 5.92 Å². The van der Waals surface area contributed by atoms with E-state index in [4.69, 9.17) is 9.94 Å². The van der Waals surface area contributed by atoms with Gasteiger partial charge in [-0.15, -0.1) is 0 Å². The summed E-state index contributed by atoms with van der Waals surface area (Å²) in [4.78, 5) is 36.7. The highest BCUT2D eigenvalue weighted by Gasteiger charge is 2.36. The molecule has 1 aromatic carbocycles. The number of halogens is 3. The lowest BCUT2D eigenvalue weighted by Crippen LogP contribution is -2.38. The molecule has 1 aromatic heterocycles. The first kappa shape index (κ1) is 26.9. The number of para-hydroxylation sites is 2. The van der Waals surface area contributed by atoms with Crippen molar-refractivity contribution in [3.63, 3.8) is 0 Å². The zero-order valence-corrected chi connectivity index (χ0v) is 19.3. The lowest BCUT2D eigenvalue weighted by molar-refractivity contribution is -0.139. The van der Waals surface area contributed by atoms with E-state index in [-0.39, 0.29) is 48.4 Å². The van der Waals surface area contributed by atoms with Crippen molar-refractivity contribution in [1.82, 2.24) is 15.4 Å². The van der Waals surface area contributed by atoms with Crippen molar-refractivity contribution in [2.75, 3.05) is 29.2 Å². The Morgan fingerprint density at radius 3 is 2.67 bits per heavy atom. The Hall–Kier alpha value is -3.71. The predicted molar refractivity (Wildman–Crippen MR) is 126 cm³/mol. The molecule has 2 amide bonds. The topological polar surface area (TPSA) is 138 Å². The van der Waals surface area contributed by atoms with E-state index in [9.17, 15) is 22.8 Å². The van der Waals surface area contributed by atoms with Crippen LogP contribution in [0, 0.1) is 5.92 Å². The van der Waals surface area contributed by atoms with Gasteiger partial charge >= 0.3 is 6.18 Å². The molecule has 1 heterocycles. The van der Waals surface area contributed by atoms with Crippen molar-refractivity contribution in [2.45, 2.75) is 37.9 Å². The molecular formula is C23H27F3N6O4. The molecule has 0 bridgehead atoms. The standard InChI is InChI=1S/C23H27F3N6O4/c1-2-19(34)29-17-8-3-4-9-18(17)30-20-16(23(24,25)26)13-27-22(31-20)28-15-7-5-6-14(12-15)21(35)32-36-11-10-33/h2-4,8-9,13-15,33H,1,5-7,10-12H2,(H,29,34)(H,32,35)(H2,27,28,30,31). The van der Waals surface area contributed by atoms with Crippen molar-refractivity contribution in [1.29, 1.82) is 0 Å². The lowest BCUT2D eigenvalue weighted by Gasteiger charge is -2.29. The first-order valence-corrected chi connectivity index (χ1v) is 11.2. The minimum Gasteiger partial charge on any atom is -0.394 e. The van der Waals surface area contributed by atoms with Crippen molar-refractivity contribution in [3.8, 4) is 0 Å². The number of nitrogens with one attached hydrogen (secondary N) is 4. The summed E-state index contributed by atoms with van der Waals surface area (Å²) in [7, 11) is 0. The number of hydroxylamine groups is 1. The third kappa shape index (κ3) is 7.39. The summed E-state index contributed by atoms with van der Waals surface area (Å²) in [6, 6.07) is 5.98. The van der Waals surface area contributed by atoms with Gasteiger partial charge in [0.05, 0.1) is 24.6 Å². The summed E-state index contributed by atoms with van der Waals surface area (Å²) in [5.41, 5.74) is 1.65. The van der Waals surface area contributed by atoms with E-state index in [0.29, 0.717) is 31.9 Å². The molecule has 3 rings (SSSR count). The van der Waals surface area contributed by atoms with E-state index in [1.807, 2.05) is 0 Å². The Labute approximate surface area is 205 Å². The molecule has 2 aromatic rings. The second-order valence-electron chi connectivity index (χ2n) is 8.06. The lowest BCUT2D eigenvalue weighted by atomic mass is 9.85. The van der Waals surface area contributed by atoms with E-state index in [1.54, 1.807) is 12.1 Å². The van der Waals surface area contributed by atoms with Gasteiger partial charge in [0.25, 0.3) is 0 Å². The van der Waals surface area contributed by atoms with Crippen LogP contribution in [0.25, 0.3) is 0 Å². The molecule has 1 aliphatic carbocycles. The number of alkyl halides is 3. The van der Waals surface area contributed by atoms with Gasteiger partial charge in [-0.1, -0.05) is 25.1 Å². The minimum atomic E-state index is -4.73. The molecule has 2 unspecified atom stereocenters. The van der Waals surface area contributed by atoms with Crippen LogP contribution < -0.4 is 21.4 Å². The average molecular weight is 509 g/mol. The van der Waals surface area contributed by atoms with Crippen LogP contribution in [0.1, 0.15) is 31.2 Å². The molecule has 0 spiro atoms. The highest BCUT2D eigenvalue weighted by Crippen LogP contribution is 2.36. The quantitative estimate of drug-likeness (QED) is 0.187. The Balaban J connectivity index is 1.79. The number of hydrogen-bond acceptors (Lipinski definition) is 8. The number of benzene rings is 1. The fraction of sp³-hybridized carbons (Fsp3) is 0.391. The molecule has 13 heteroatoms. The molecule has 1 aliphatic rings. The zero-order chi connectivity index (χ0) is 26.1. The van der Waals surface area contributed by atoms with Gasteiger partial charge in [0.15, 0.2) is 0 Å². The highest BCUT2D eigenvalue weighted by atomic mass is 19.4. The van der Waals surface area contributed by atoms with Gasteiger partial charge in [-0.3, -0.25) is 14.4 Å². The predicted octanol–water partition coefficient (Wildman–Crippen LogP) is 3.37. The monoisotopic (exact) mass is 508 g/mol. The average Bonchev–Trinajstić information content (AvgIpc) is 2.85. The summed E-state index contributed by atoms with van der Waals surface area (Å²) in [5, 5.41) is 16.9. The first-order chi connectivity index (χ1) is 17.2. The number of aliphatic hydroxyl groups excluding tert-OH is 1. The second-order valence-corrected chi connectivity index (χ2v) is 8.06. The number of rotatable bonds is 10. The molecule has 5 N–H and O–H groups in total. The van der Waals surface area contributed by atoms with Crippen LogP contribution in [0.2, 0.25) is 0 Å². The van der Waals surface area contributed by atoms with Gasteiger partial charge in [-0.25, -0.2) is 10.5 Å². The van der Waals surface area contributed by atoms with Gasteiger partial charge in [-0.05, 0) is 37.5 Å². The van der Waals surface area contributed by atoms with Crippen LogP contribution in [0.15, 0.2) is 43.1 Å². The first-order valence-electron chi connectivity index (χ1n) is 11.2. The molecule has 0 saturated heterocycles. The van der Waals surface area contributed by atoms with Crippen LogP contribution >= 0.6 is 0 Å². The van der Waals surface area contributed by atoms with Crippen molar-refractivity contribution in [3.05, 3.63) is 48.7 Å². The zero-order valence-electron chi connectivity index (χ0n) is 19.3. The number of amides is 2. The second kappa shape index (κ2) is 12.3. The molecule has 1 fully saturated rings. The summed E-state index contributed by atoms with van der Waals surface area (Å²) in [6.07, 6.45) is -0.608. The van der Waals surface area contributed by atoms with Gasteiger partial charge in [-0.2, -0.15) is 18.2 Å². The number of carbonyl (C=O) groups is 2. The fourth-order valence-corrected chi connectivity index (χ4v) is 3.76. The maximum Gasteiger partial charge on any atom is 0.421 e. The number of aliphatic hydroxyl groups is 1. The molecule has 10 nitrogen and oxygen atoms in total. The summed E-state index contributed by atoms with van der Waals surface area (Å²) in [5.74, 6) is -1.77. The van der Waals surface area contributed by atoms with Gasteiger partial charge in [0.1, 0.15) is 11.4 Å².